The molecule has 0 radical (unpaired) electrons. The van der Waals surface area contributed by atoms with Gasteiger partial charge in [-0.2, -0.15) is 4.37 Å². The highest BCUT2D eigenvalue weighted by Gasteiger charge is 2.20. The van der Waals surface area contributed by atoms with Crippen molar-refractivity contribution in [3.05, 3.63) is 71.5 Å². The fourth-order valence-electron chi connectivity index (χ4n) is 4.22. The summed E-state index contributed by atoms with van der Waals surface area (Å²) in [5, 5.41) is 9.62. The highest BCUT2D eigenvalue weighted by Crippen LogP contribution is 2.28. The molecule has 36 heavy (non-hydrogen) atoms. The number of carbonyl (C=O) groups is 2. The zero-order valence-corrected chi connectivity index (χ0v) is 20.8. The topological polar surface area (TPSA) is 112 Å². The van der Waals surface area contributed by atoms with Gasteiger partial charge in [0.05, 0.1) is 28.5 Å². The van der Waals surface area contributed by atoms with Crippen molar-refractivity contribution in [2.45, 2.75) is 19.8 Å². The van der Waals surface area contributed by atoms with Crippen molar-refractivity contribution in [2.75, 3.05) is 36.8 Å². The van der Waals surface area contributed by atoms with Crippen LogP contribution in [0.1, 0.15) is 39.3 Å². The standard InChI is InChI=1S/C26H27N7O2S/c1-17-23(26(36-32-17)31-22-16-28-20-9-2-3-10-21(20)30-22)25(35)29-19-8-6-7-18(15-19)24(34)27-11-14-33-12-4-5-13-33/h2-3,6-10,15-16H,4-5,11-14H2,1H3,(H,27,34)(H,29,35)(H,30,31). The Bertz CT molecular complexity index is 1400. The van der Waals surface area contributed by atoms with Crippen molar-refractivity contribution in [1.82, 2.24) is 24.6 Å². The molecule has 1 aliphatic heterocycles. The minimum Gasteiger partial charge on any atom is -0.351 e. The molecule has 2 amide bonds. The summed E-state index contributed by atoms with van der Waals surface area (Å²) < 4.78 is 4.35. The number of aryl methyl sites for hydroxylation is 1. The van der Waals surface area contributed by atoms with Gasteiger partial charge in [-0.1, -0.05) is 18.2 Å². The average molecular weight is 502 g/mol. The second-order valence-corrected chi connectivity index (χ2v) is 9.45. The van der Waals surface area contributed by atoms with Crippen molar-refractivity contribution in [2.24, 2.45) is 0 Å². The summed E-state index contributed by atoms with van der Waals surface area (Å²) in [6, 6.07) is 14.5. The van der Waals surface area contributed by atoms with Crippen LogP contribution in [0.15, 0.2) is 54.7 Å². The van der Waals surface area contributed by atoms with E-state index >= 15 is 0 Å². The van der Waals surface area contributed by atoms with Gasteiger partial charge in [0.15, 0.2) is 0 Å². The molecule has 2 aromatic heterocycles. The Balaban J connectivity index is 1.25. The molecule has 5 rings (SSSR count). The van der Waals surface area contributed by atoms with Crippen molar-refractivity contribution >= 4 is 50.9 Å². The van der Waals surface area contributed by atoms with Gasteiger partial charge in [-0.15, -0.1) is 0 Å². The quantitative estimate of drug-likeness (QED) is 0.331. The average Bonchev–Trinajstić information content (AvgIpc) is 3.53. The van der Waals surface area contributed by atoms with Gasteiger partial charge in [0.2, 0.25) is 0 Å². The summed E-state index contributed by atoms with van der Waals surface area (Å²) in [5.41, 5.74) is 3.61. The van der Waals surface area contributed by atoms with Crippen LogP contribution < -0.4 is 16.0 Å². The van der Waals surface area contributed by atoms with E-state index in [-0.39, 0.29) is 11.8 Å². The van der Waals surface area contributed by atoms with Crippen LogP contribution in [0.25, 0.3) is 11.0 Å². The number of nitrogens with one attached hydrogen (secondary N) is 3. The number of carbonyl (C=O) groups excluding carboxylic acids is 2. The molecule has 0 unspecified atom stereocenters. The van der Waals surface area contributed by atoms with Crippen molar-refractivity contribution in [1.29, 1.82) is 0 Å². The van der Waals surface area contributed by atoms with Crippen LogP contribution in [-0.2, 0) is 0 Å². The van der Waals surface area contributed by atoms with Gasteiger partial charge >= 0.3 is 0 Å². The predicted octanol–water partition coefficient (Wildman–Crippen LogP) is 4.22. The molecular weight excluding hydrogens is 474 g/mol. The molecule has 1 saturated heterocycles. The normalized spacial score (nSPS) is 13.6. The summed E-state index contributed by atoms with van der Waals surface area (Å²) in [6.45, 7) is 5.43. The molecule has 9 nitrogen and oxygen atoms in total. The van der Waals surface area contributed by atoms with E-state index in [2.05, 4.69) is 35.2 Å². The molecular formula is C26H27N7O2S. The summed E-state index contributed by atoms with van der Waals surface area (Å²) in [5.74, 6) is 0.0546. The van der Waals surface area contributed by atoms with Crippen LogP contribution in [0.3, 0.4) is 0 Å². The first-order valence-electron chi connectivity index (χ1n) is 11.9. The summed E-state index contributed by atoms with van der Waals surface area (Å²) >= 11 is 1.18. The van der Waals surface area contributed by atoms with Crippen molar-refractivity contribution in [3.63, 3.8) is 0 Å². The lowest BCUT2D eigenvalue weighted by atomic mass is 10.1. The van der Waals surface area contributed by atoms with Crippen molar-refractivity contribution < 1.29 is 9.59 Å². The maximum Gasteiger partial charge on any atom is 0.260 e. The number of hydrogen-bond donors (Lipinski definition) is 3. The molecule has 0 atom stereocenters. The molecule has 0 bridgehead atoms. The summed E-state index contributed by atoms with van der Waals surface area (Å²) in [7, 11) is 0. The number of rotatable bonds is 8. The Hall–Kier alpha value is -3.89. The molecule has 3 N–H and O–H groups in total. The third-order valence-electron chi connectivity index (χ3n) is 6.07. The Kier molecular flexibility index (Phi) is 7.15. The van der Waals surface area contributed by atoms with Gasteiger partial charge in [0, 0.05) is 24.3 Å². The number of benzene rings is 2. The largest absolute Gasteiger partial charge is 0.351 e. The molecule has 1 aliphatic rings. The molecule has 0 saturated carbocycles. The molecule has 184 valence electrons. The van der Waals surface area contributed by atoms with Gasteiger partial charge in [-0.05, 0) is 74.7 Å². The van der Waals surface area contributed by atoms with E-state index in [9.17, 15) is 9.59 Å². The van der Waals surface area contributed by atoms with E-state index in [0.29, 0.717) is 39.9 Å². The highest BCUT2D eigenvalue weighted by atomic mass is 32.1. The van der Waals surface area contributed by atoms with Crippen molar-refractivity contribution in [3.8, 4) is 0 Å². The number of para-hydroxylation sites is 2. The maximum absolute atomic E-state index is 13.2. The van der Waals surface area contributed by atoms with Gasteiger partial charge in [-0.25, -0.2) is 4.98 Å². The molecule has 1 fully saturated rings. The van der Waals surface area contributed by atoms with Gasteiger partial charge in [-0.3, -0.25) is 14.6 Å². The molecule has 2 aromatic carbocycles. The SMILES string of the molecule is Cc1nsc(Nc2cnc3ccccc3n2)c1C(=O)Nc1cccc(C(=O)NCCN2CCCC2)c1. The number of nitrogens with zero attached hydrogens (tertiary/aromatic N) is 4. The van der Waals surface area contributed by atoms with Crippen LogP contribution in [0, 0.1) is 6.92 Å². The van der Waals surface area contributed by atoms with E-state index in [0.717, 1.165) is 30.7 Å². The van der Waals surface area contributed by atoms with Gasteiger partial charge < -0.3 is 20.9 Å². The second kappa shape index (κ2) is 10.8. The Morgan fingerprint density at radius 3 is 2.67 bits per heavy atom. The highest BCUT2D eigenvalue weighted by molar-refractivity contribution is 7.10. The summed E-state index contributed by atoms with van der Waals surface area (Å²) in [6.07, 6.45) is 4.08. The number of anilines is 3. The summed E-state index contributed by atoms with van der Waals surface area (Å²) in [4.78, 5) is 37.1. The van der Waals surface area contributed by atoms with Gasteiger partial charge in [0.1, 0.15) is 10.8 Å². The molecule has 4 aromatic rings. The third-order valence-corrected chi connectivity index (χ3v) is 6.93. The van der Waals surface area contributed by atoms with Gasteiger partial charge in [0.25, 0.3) is 11.8 Å². The first-order chi connectivity index (χ1) is 17.6. The smallest absolute Gasteiger partial charge is 0.260 e. The van der Waals surface area contributed by atoms with E-state index in [1.807, 2.05) is 24.3 Å². The number of likely N-dealkylation sites (tertiary alicyclic amines) is 1. The molecule has 0 spiro atoms. The zero-order chi connectivity index (χ0) is 24.9. The fourth-order valence-corrected chi connectivity index (χ4v) is 5.03. The van der Waals surface area contributed by atoms with E-state index in [1.54, 1.807) is 37.4 Å². The molecule has 3 heterocycles. The fraction of sp³-hybridized carbons (Fsp3) is 0.269. The monoisotopic (exact) mass is 501 g/mol. The lowest BCUT2D eigenvalue weighted by molar-refractivity contribution is 0.0948. The number of amides is 2. The first kappa shape index (κ1) is 23.8. The van der Waals surface area contributed by atoms with Crippen LogP contribution in [0.4, 0.5) is 16.5 Å². The first-order valence-corrected chi connectivity index (χ1v) is 12.7. The number of fused-ring (bicyclic) bond motifs is 1. The van der Waals surface area contributed by atoms with E-state index < -0.39 is 0 Å². The maximum atomic E-state index is 13.2. The van der Waals surface area contributed by atoms with E-state index in [1.165, 1.54) is 24.4 Å². The number of aromatic nitrogens is 3. The second-order valence-electron chi connectivity index (χ2n) is 8.68. The van der Waals surface area contributed by atoms with Crippen LogP contribution in [-0.4, -0.2) is 57.2 Å². The third kappa shape index (κ3) is 5.50. The van der Waals surface area contributed by atoms with E-state index in [4.69, 9.17) is 0 Å². The Morgan fingerprint density at radius 2 is 1.83 bits per heavy atom. The Labute approximate surface area is 213 Å². The minimum absolute atomic E-state index is 0.157. The predicted molar refractivity (Wildman–Crippen MR) is 142 cm³/mol. The Morgan fingerprint density at radius 1 is 1.03 bits per heavy atom. The molecule has 10 heteroatoms. The minimum atomic E-state index is -0.316. The number of hydrogen-bond acceptors (Lipinski definition) is 8. The lowest BCUT2D eigenvalue weighted by Gasteiger charge is -2.15. The van der Waals surface area contributed by atoms with Crippen LogP contribution in [0.2, 0.25) is 0 Å². The van der Waals surface area contributed by atoms with Crippen LogP contribution >= 0.6 is 11.5 Å². The van der Waals surface area contributed by atoms with Crippen LogP contribution in [0.5, 0.6) is 0 Å². The zero-order valence-electron chi connectivity index (χ0n) is 20.0. The molecule has 0 aliphatic carbocycles. The lowest BCUT2D eigenvalue weighted by Crippen LogP contribution is -2.33.